The minimum absolute atomic E-state index is 0.0300. The number of hydrogen-bond donors (Lipinski definition) is 0. The molecule has 2 aliphatic heterocycles. The topological polar surface area (TPSA) is 99.9 Å². The Labute approximate surface area is 183 Å². The van der Waals surface area contributed by atoms with E-state index in [1.54, 1.807) is 19.1 Å². The smallest absolute Gasteiger partial charge is 0.292 e. The van der Waals surface area contributed by atoms with Gasteiger partial charge in [0, 0.05) is 18.3 Å². The molecule has 2 atom stereocenters. The molecule has 2 amide bonds. The van der Waals surface area contributed by atoms with Crippen LogP contribution in [0.5, 0.6) is 5.75 Å². The summed E-state index contributed by atoms with van der Waals surface area (Å²) in [4.78, 5) is 40.3. The first kappa shape index (κ1) is 20.9. The molecule has 0 aliphatic carbocycles. The fourth-order valence-corrected chi connectivity index (χ4v) is 4.14. The molecule has 2 aliphatic rings. The van der Waals surface area contributed by atoms with Crippen LogP contribution >= 0.6 is 11.8 Å². The molecule has 4 rings (SSSR count). The van der Waals surface area contributed by atoms with E-state index < -0.39 is 12.3 Å². The average molecular weight is 437 g/mol. The Balaban J connectivity index is 1.43. The lowest BCUT2D eigenvalue weighted by molar-refractivity contribution is -0.131. The molecule has 0 aromatic heterocycles. The Bertz CT molecular complexity index is 1070. The van der Waals surface area contributed by atoms with Gasteiger partial charge in [0.15, 0.2) is 6.73 Å². The van der Waals surface area contributed by atoms with Crippen molar-refractivity contribution in [1.29, 1.82) is 5.26 Å². The van der Waals surface area contributed by atoms with Crippen molar-refractivity contribution in [3.8, 4) is 11.8 Å². The van der Waals surface area contributed by atoms with Crippen molar-refractivity contribution in [2.45, 2.75) is 25.7 Å². The van der Waals surface area contributed by atoms with Crippen LogP contribution in [0.2, 0.25) is 0 Å². The molecule has 0 spiro atoms. The predicted molar refractivity (Wildman–Crippen MR) is 112 cm³/mol. The Morgan fingerprint density at radius 3 is 2.74 bits per heavy atom. The lowest BCUT2D eigenvalue weighted by Crippen LogP contribution is -2.47. The number of amides is 2. The summed E-state index contributed by atoms with van der Waals surface area (Å²) in [7, 11) is 0. The first-order valence-corrected chi connectivity index (χ1v) is 10.5. The van der Waals surface area contributed by atoms with Gasteiger partial charge in [0.1, 0.15) is 5.75 Å². The standard InChI is InChI=1S/C22H19N3O5S/c1-14(25-13-30-18-8-7-16(10-23)9-17(18)19(25)26)12-29-20-21(27)31-22(28)24(20)11-15-5-3-2-4-6-15/h2-9,14,20H,11-13H2,1H3. The SMILES string of the molecule is CC(COC1C(=O)SC(=O)N1Cc1ccccc1)N1COc2ccc(C#N)cc2C1=O. The van der Waals surface area contributed by atoms with Gasteiger partial charge in [-0.3, -0.25) is 19.3 Å². The maximum Gasteiger partial charge on any atom is 0.292 e. The molecule has 2 heterocycles. The van der Waals surface area contributed by atoms with Gasteiger partial charge < -0.3 is 14.4 Å². The number of ether oxygens (including phenoxy) is 2. The molecule has 2 unspecified atom stereocenters. The van der Waals surface area contributed by atoms with E-state index in [4.69, 9.17) is 14.7 Å². The first-order valence-electron chi connectivity index (χ1n) is 9.63. The number of nitriles is 1. The number of benzene rings is 2. The zero-order valence-electron chi connectivity index (χ0n) is 16.7. The van der Waals surface area contributed by atoms with Gasteiger partial charge in [-0.2, -0.15) is 5.26 Å². The molecule has 0 N–H and O–H groups in total. The Hall–Kier alpha value is -3.35. The molecule has 31 heavy (non-hydrogen) atoms. The van der Waals surface area contributed by atoms with E-state index >= 15 is 0 Å². The molecule has 0 bridgehead atoms. The molecule has 2 aromatic carbocycles. The van der Waals surface area contributed by atoms with E-state index in [1.165, 1.54) is 15.9 Å². The quantitative estimate of drug-likeness (QED) is 0.685. The number of carbonyl (C=O) groups excluding carboxylic acids is 3. The summed E-state index contributed by atoms with van der Waals surface area (Å²) in [5.74, 6) is 0.147. The van der Waals surface area contributed by atoms with Crippen LogP contribution < -0.4 is 4.74 Å². The van der Waals surface area contributed by atoms with E-state index in [2.05, 4.69) is 0 Å². The lowest BCUT2D eigenvalue weighted by atomic mass is 10.1. The summed E-state index contributed by atoms with van der Waals surface area (Å²) < 4.78 is 11.4. The highest BCUT2D eigenvalue weighted by atomic mass is 32.2. The summed E-state index contributed by atoms with van der Waals surface area (Å²) in [6.45, 7) is 2.10. The van der Waals surface area contributed by atoms with Gasteiger partial charge in [-0.15, -0.1) is 0 Å². The summed E-state index contributed by atoms with van der Waals surface area (Å²) in [6.07, 6.45) is -1.02. The van der Waals surface area contributed by atoms with Gasteiger partial charge in [-0.1, -0.05) is 30.3 Å². The molecular weight excluding hydrogens is 418 g/mol. The summed E-state index contributed by atoms with van der Waals surface area (Å²) in [5, 5.41) is 8.35. The predicted octanol–water partition coefficient (Wildman–Crippen LogP) is 2.98. The van der Waals surface area contributed by atoms with Crippen LogP contribution in [-0.4, -0.2) is 51.7 Å². The Kier molecular flexibility index (Phi) is 5.93. The summed E-state index contributed by atoms with van der Waals surface area (Å²) in [5.41, 5.74) is 1.56. The Morgan fingerprint density at radius 2 is 2.00 bits per heavy atom. The molecule has 158 valence electrons. The van der Waals surface area contributed by atoms with Crippen molar-refractivity contribution in [2.75, 3.05) is 13.3 Å². The minimum Gasteiger partial charge on any atom is -0.472 e. The number of rotatable bonds is 6. The first-order chi connectivity index (χ1) is 15.0. The van der Waals surface area contributed by atoms with Crippen molar-refractivity contribution < 1.29 is 23.9 Å². The highest BCUT2D eigenvalue weighted by Crippen LogP contribution is 2.30. The van der Waals surface area contributed by atoms with Crippen molar-refractivity contribution in [3.63, 3.8) is 0 Å². The van der Waals surface area contributed by atoms with Crippen LogP contribution in [0.3, 0.4) is 0 Å². The fourth-order valence-electron chi connectivity index (χ4n) is 3.40. The lowest BCUT2D eigenvalue weighted by Gasteiger charge is -2.34. The van der Waals surface area contributed by atoms with E-state index in [0.29, 0.717) is 28.6 Å². The molecule has 9 heteroatoms. The highest BCUT2D eigenvalue weighted by molar-refractivity contribution is 8.26. The number of fused-ring (bicyclic) bond motifs is 1. The van der Waals surface area contributed by atoms with E-state index in [0.717, 1.165) is 5.56 Å². The molecule has 0 saturated carbocycles. The molecule has 1 fully saturated rings. The minimum atomic E-state index is -1.02. The number of hydrogen-bond acceptors (Lipinski definition) is 7. The summed E-state index contributed by atoms with van der Waals surface area (Å²) >= 11 is 0.626. The average Bonchev–Trinajstić information content (AvgIpc) is 3.05. The second-order valence-electron chi connectivity index (χ2n) is 7.21. The summed E-state index contributed by atoms with van der Waals surface area (Å²) in [6, 6.07) is 15.6. The Morgan fingerprint density at radius 1 is 1.23 bits per heavy atom. The second kappa shape index (κ2) is 8.79. The van der Waals surface area contributed by atoms with Crippen LogP contribution in [-0.2, 0) is 16.1 Å². The molecular formula is C22H19N3O5S. The van der Waals surface area contributed by atoms with Gasteiger partial charge in [-0.25, -0.2) is 0 Å². The molecule has 2 aromatic rings. The van der Waals surface area contributed by atoms with Gasteiger partial charge in [-0.05, 0) is 30.7 Å². The fraction of sp³-hybridized carbons (Fsp3) is 0.273. The third-order valence-electron chi connectivity index (χ3n) is 5.09. The zero-order chi connectivity index (χ0) is 22.0. The number of thioether (sulfide) groups is 1. The van der Waals surface area contributed by atoms with Crippen LogP contribution in [0, 0.1) is 11.3 Å². The van der Waals surface area contributed by atoms with Gasteiger partial charge in [0.2, 0.25) is 11.3 Å². The molecule has 8 nitrogen and oxygen atoms in total. The third-order valence-corrected chi connectivity index (χ3v) is 5.90. The molecule has 1 saturated heterocycles. The highest BCUT2D eigenvalue weighted by Gasteiger charge is 2.41. The number of nitrogens with zero attached hydrogens (tertiary/aromatic N) is 3. The number of carbonyl (C=O) groups is 3. The van der Waals surface area contributed by atoms with Gasteiger partial charge in [0.05, 0.1) is 29.8 Å². The van der Waals surface area contributed by atoms with Crippen molar-refractivity contribution >= 4 is 28.0 Å². The van der Waals surface area contributed by atoms with Crippen LogP contribution in [0.1, 0.15) is 28.4 Å². The van der Waals surface area contributed by atoms with Gasteiger partial charge in [0.25, 0.3) is 11.1 Å². The zero-order valence-corrected chi connectivity index (χ0v) is 17.5. The maximum atomic E-state index is 12.9. The van der Waals surface area contributed by atoms with E-state index in [9.17, 15) is 14.4 Å². The van der Waals surface area contributed by atoms with Crippen molar-refractivity contribution in [1.82, 2.24) is 9.80 Å². The van der Waals surface area contributed by atoms with Crippen molar-refractivity contribution in [3.05, 3.63) is 65.2 Å². The monoisotopic (exact) mass is 437 g/mol. The second-order valence-corrected chi connectivity index (χ2v) is 8.16. The van der Waals surface area contributed by atoms with E-state index in [-0.39, 0.29) is 36.1 Å². The third kappa shape index (κ3) is 4.26. The normalized spacial score (nSPS) is 19.1. The molecule has 0 radical (unpaired) electrons. The van der Waals surface area contributed by atoms with E-state index in [1.807, 2.05) is 36.4 Å². The van der Waals surface area contributed by atoms with Crippen LogP contribution in [0.4, 0.5) is 4.79 Å². The maximum absolute atomic E-state index is 12.9. The van der Waals surface area contributed by atoms with Gasteiger partial charge >= 0.3 is 0 Å². The van der Waals surface area contributed by atoms with Crippen LogP contribution in [0.15, 0.2) is 48.5 Å². The van der Waals surface area contributed by atoms with Crippen molar-refractivity contribution in [2.24, 2.45) is 0 Å². The largest absolute Gasteiger partial charge is 0.472 e. The van der Waals surface area contributed by atoms with Crippen LogP contribution in [0.25, 0.3) is 0 Å².